The monoisotopic (exact) mass is 389 g/mol. The molecule has 3 amide bonds. The number of amides is 3. The lowest BCUT2D eigenvalue weighted by Gasteiger charge is -2.13. The maximum Gasteiger partial charge on any atom is 0.319 e. The molecule has 6 heteroatoms. The molecular weight excluding hydrogens is 366 g/mol. The van der Waals surface area contributed by atoms with Gasteiger partial charge in [-0.15, -0.1) is 0 Å². The molecule has 6 nitrogen and oxygen atoms in total. The van der Waals surface area contributed by atoms with E-state index < -0.39 is 0 Å². The molecule has 3 N–H and O–H groups in total. The zero-order valence-corrected chi connectivity index (χ0v) is 16.1. The minimum atomic E-state index is -0.354. The van der Waals surface area contributed by atoms with E-state index in [2.05, 4.69) is 16.0 Å². The molecule has 0 heterocycles. The number of nitrogens with one attached hydrogen (secondary N) is 3. The molecule has 0 aliphatic rings. The van der Waals surface area contributed by atoms with Gasteiger partial charge in [-0.2, -0.15) is 0 Å². The Morgan fingerprint density at radius 3 is 2.41 bits per heavy atom. The lowest BCUT2D eigenvalue weighted by molar-refractivity contribution is -0.116. The van der Waals surface area contributed by atoms with Gasteiger partial charge in [-0.1, -0.05) is 42.5 Å². The fourth-order valence-electron chi connectivity index (χ4n) is 2.66. The summed E-state index contributed by atoms with van der Waals surface area (Å²) < 4.78 is 5.91. The zero-order chi connectivity index (χ0) is 20.5. The Morgan fingerprint density at radius 2 is 1.62 bits per heavy atom. The number of hydrogen-bond donors (Lipinski definition) is 3. The average Bonchev–Trinajstić information content (AvgIpc) is 2.70. The van der Waals surface area contributed by atoms with Gasteiger partial charge in [-0.05, 0) is 48.9 Å². The van der Waals surface area contributed by atoms with Crippen LogP contribution in [0.1, 0.15) is 12.0 Å². The molecule has 0 unspecified atom stereocenters. The topological polar surface area (TPSA) is 79.5 Å². The molecule has 0 atom stereocenters. The van der Waals surface area contributed by atoms with Gasteiger partial charge in [0.2, 0.25) is 5.91 Å². The Balaban J connectivity index is 1.50. The molecule has 0 saturated carbocycles. The first-order valence-corrected chi connectivity index (χ1v) is 9.33. The van der Waals surface area contributed by atoms with Gasteiger partial charge < -0.3 is 20.7 Å². The van der Waals surface area contributed by atoms with E-state index in [1.54, 1.807) is 24.3 Å². The third-order valence-corrected chi connectivity index (χ3v) is 4.05. The molecule has 0 radical (unpaired) electrons. The molecule has 0 aromatic heterocycles. The number of hydrogen-bond acceptors (Lipinski definition) is 3. The van der Waals surface area contributed by atoms with Crippen molar-refractivity contribution in [1.29, 1.82) is 0 Å². The number of benzene rings is 3. The van der Waals surface area contributed by atoms with Crippen molar-refractivity contribution in [2.24, 2.45) is 0 Å². The van der Waals surface area contributed by atoms with Crippen LogP contribution in [0.3, 0.4) is 0 Å². The third kappa shape index (κ3) is 6.39. The lowest BCUT2D eigenvalue weighted by atomic mass is 10.2. The van der Waals surface area contributed by atoms with Gasteiger partial charge >= 0.3 is 6.03 Å². The highest BCUT2D eigenvalue weighted by Gasteiger charge is 2.09. The van der Waals surface area contributed by atoms with Crippen LogP contribution in [0, 0.1) is 6.92 Å². The maximum absolute atomic E-state index is 12.3. The van der Waals surface area contributed by atoms with Crippen LogP contribution < -0.4 is 20.7 Å². The van der Waals surface area contributed by atoms with E-state index in [0.717, 1.165) is 5.56 Å². The summed E-state index contributed by atoms with van der Waals surface area (Å²) in [7, 11) is 0. The summed E-state index contributed by atoms with van der Waals surface area (Å²) in [6.07, 6.45) is 0.140. The number of urea groups is 1. The molecule has 0 aliphatic heterocycles. The van der Waals surface area contributed by atoms with E-state index in [-0.39, 0.29) is 24.9 Å². The van der Waals surface area contributed by atoms with Crippen molar-refractivity contribution in [2.75, 3.05) is 17.2 Å². The van der Waals surface area contributed by atoms with Crippen molar-refractivity contribution in [3.63, 3.8) is 0 Å². The van der Waals surface area contributed by atoms with Crippen LogP contribution in [0.15, 0.2) is 78.9 Å². The molecule has 3 rings (SSSR count). The Labute approximate surface area is 169 Å². The van der Waals surface area contributed by atoms with E-state index in [1.165, 1.54) is 0 Å². The quantitative estimate of drug-likeness (QED) is 0.536. The van der Waals surface area contributed by atoms with Crippen molar-refractivity contribution in [1.82, 2.24) is 5.32 Å². The molecule has 0 spiro atoms. The normalized spacial score (nSPS) is 10.1. The number of carbonyl (C=O) groups is 2. The van der Waals surface area contributed by atoms with Crippen LogP contribution in [-0.2, 0) is 4.79 Å². The van der Waals surface area contributed by atoms with E-state index in [0.29, 0.717) is 22.9 Å². The first-order chi connectivity index (χ1) is 14.1. The van der Waals surface area contributed by atoms with Crippen molar-refractivity contribution in [3.8, 4) is 11.5 Å². The van der Waals surface area contributed by atoms with Crippen LogP contribution in [0.2, 0.25) is 0 Å². The SMILES string of the molecule is Cc1cccc(Oc2ccccc2NC(=O)CCNC(=O)Nc2ccccc2)c1. The van der Waals surface area contributed by atoms with Gasteiger partial charge in [0.05, 0.1) is 5.69 Å². The highest BCUT2D eigenvalue weighted by atomic mass is 16.5. The number of para-hydroxylation sites is 3. The first kappa shape index (κ1) is 19.9. The predicted molar refractivity (Wildman–Crippen MR) is 114 cm³/mol. The summed E-state index contributed by atoms with van der Waals surface area (Å²) in [5.74, 6) is 1.04. The molecular formula is C23H23N3O3. The number of carbonyl (C=O) groups excluding carboxylic acids is 2. The Kier molecular flexibility index (Phi) is 6.84. The molecule has 29 heavy (non-hydrogen) atoms. The molecule has 0 saturated heterocycles. The molecule has 0 bridgehead atoms. The van der Waals surface area contributed by atoms with Crippen molar-refractivity contribution in [3.05, 3.63) is 84.4 Å². The smallest absolute Gasteiger partial charge is 0.319 e. The fraction of sp³-hybridized carbons (Fsp3) is 0.130. The molecule has 3 aromatic rings. The Morgan fingerprint density at radius 1 is 0.862 bits per heavy atom. The highest BCUT2D eigenvalue weighted by molar-refractivity contribution is 5.93. The number of rotatable bonds is 7. The van der Waals surface area contributed by atoms with Crippen molar-refractivity contribution in [2.45, 2.75) is 13.3 Å². The minimum absolute atomic E-state index is 0.140. The fourth-order valence-corrected chi connectivity index (χ4v) is 2.66. The second-order valence-electron chi connectivity index (χ2n) is 6.46. The third-order valence-electron chi connectivity index (χ3n) is 4.05. The van der Waals surface area contributed by atoms with Crippen LogP contribution in [-0.4, -0.2) is 18.5 Å². The van der Waals surface area contributed by atoms with Crippen LogP contribution >= 0.6 is 0 Å². The summed E-state index contributed by atoms with van der Waals surface area (Å²) >= 11 is 0. The van der Waals surface area contributed by atoms with Crippen LogP contribution in [0.25, 0.3) is 0 Å². The average molecular weight is 389 g/mol. The minimum Gasteiger partial charge on any atom is -0.455 e. The van der Waals surface area contributed by atoms with E-state index in [4.69, 9.17) is 4.74 Å². The summed E-state index contributed by atoms with van der Waals surface area (Å²) in [5, 5.41) is 8.20. The zero-order valence-electron chi connectivity index (χ0n) is 16.1. The molecule has 0 aliphatic carbocycles. The number of ether oxygens (including phenoxy) is 1. The predicted octanol–water partition coefficient (Wildman–Crippen LogP) is 4.94. The highest BCUT2D eigenvalue weighted by Crippen LogP contribution is 2.29. The molecule has 0 fully saturated rings. The summed E-state index contributed by atoms with van der Waals surface area (Å²) in [4.78, 5) is 24.1. The van der Waals surface area contributed by atoms with Gasteiger partial charge in [0.1, 0.15) is 5.75 Å². The maximum atomic E-state index is 12.3. The Bertz CT molecular complexity index is 974. The van der Waals surface area contributed by atoms with Crippen LogP contribution in [0.5, 0.6) is 11.5 Å². The number of aryl methyl sites for hydroxylation is 1. The van der Waals surface area contributed by atoms with Gasteiger partial charge in [-0.25, -0.2) is 4.79 Å². The summed E-state index contributed by atoms with van der Waals surface area (Å²) in [5.41, 5.74) is 2.35. The largest absolute Gasteiger partial charge is 0.455 e. The van der Waals surface area contributed by atoms with E-state index in [1.807, 2.05) is 61.5 Å². The van der Waals surface area contributed by atoms with E-state index in [9.17, 15) is 9.59 Å². The van der Waals surface area contributed by atoms with Gasteiger partial charge in [0.25, 0.3) is 0 Å². The Hall–Kier alpha value is -3.80. The van der Waals surface area contributed by atoms with Gasteiger partial charge in [0, 0.05) is 18.7 Å². The molecule has 3 aromatic carbocycles. The van der Waals surface area contributed by atoms with Crippen molar-refractivity contribution < 1.29 is 14.3 Å². The molecule has 148 valence electrons. The van der Waals surface area contributed by atoms with E-state index >= 15 is 0 Å². The van der Waals surface area contributed by atoms with Crippen molar-refractivity contribution >= 4 is 23.3 Å². The lowest BCUT2D eigenvalue weighted by Crippen LogP contribution is -2.31. The van der Waals surface area contributed by atoms with Gasteiger partial charge in [-0.3, -0.25) is 4.79 Å². The van der Waals surface area contributed by atoms with Gasteiger partial charge in [0.15, 0.2) is 5.75 Å². The first-order valence-electron chi connectivity index (χ1n) is 9.33. The summed E-state index contributed by atoms with van der Waals surface area (Å²) in [6.45, 7) is 2.20. The standard InChI is InChI=1S/C23H23N3O3/c1-17-8-7-11-19(16-17)29-21-13-6-5-12-20(21)26-22(27)14-15-24-23(28)25-18-9-3-2-4-10-18/h2-13,16H,14-15H2,1H3,(H,26,27)(H2,24,25,28). The second kappa shape index (κ2) is 9.94. The van der Waals surface area contributed by atoms with Crippen LogP contribution in [0.4, 0.5) is 16.2 Å². The summed E-state index contributed by atoms with van der Waals surface area (Å²) in [6, 6.07) is 23.7. The second-order valence-corrected chi connectivity index (χ2v) is 6.46. The number of anilines is 2.